The third-order valence-electron chi connectivity index (χ3n) is 4.13. The second kappa shape index (κ2) is 6.60. The van der Waals surface area contributed by atoms with Crippen molar-refractivity contribution in [2.45, 2.75) is 50.0 Å². The summed E-state index contributed by atoms with van der Waals surface area (Å²) < 4.78 is 23.2. The van der Waals surface area contributed by atoms with Crippen molar-refractivity contribution in [3.8, 4) is 0 Å². The number of nitrogens with zero attached hydrogens (tertiary/aromatic N) is 1. The van der Waals surface area contributed by atoms with Gasteiger partial charge in [0, 0.05) is 24.4 Å². The number of carbonyl (C=O) groups is 1. The number of benzene rings is 1. The summed E-state index contributed by atoms with van der Waals surface area (Å²) in [5.41, 5.74) is 0.463. The fourth-order valence-electron chi connectivity index (χ4n) is 2.99. The molecule has 0 aromatic heterocycles. The van der Waals surface area contributed by atoms with Gasteiger partial charge in [0.15, 0.2) is 9.84 Å². The summed E-state index contributed by atoms with van der Waals surface area (Å²) in [6, 6.07) is 6.64. The van der Waals surface area contributed by atoms with E-state index in [-0.39, 0.29) is 16.8 Å². The Morgan fingerprint density at radius 3 is 2.48 bits per heavy atom. The lowest BCUT2D eigenvalue weighted by Gasteiger charge is -2.33. The molecule has 4 nitrogen and oxygen atoms in total. The van der Waals surface area contributed by atoms with Gasteiger partial charge in [0.1, 0.15) is 0 Å². The van der Waals surface area contributed by atoms with Crippen molar-refractivity contribution in [1.82, 2.24) is 4.90 Å². The number of rotatable bonds is 4. The Balaban J connectivity index is 2.25. The van der Waals surface area contributed by atoms with Gasteiger partial charge >= 0.3 is 0 Å². The second-order valence-corrected chi connectivity index (χ2v) is 7.70. The van der Waals surface area contributed by atoms with Crippen molar-refractivity contribution < 1.29 is 13.2 Å². The topological polar surface area (TPSA) is 54.5 Å². The van der Waals surface area contributed by atoms with Gasteiger partial charge in [-0.05, 0) is 38.0 Å². The first kappa shape index (κ1) is 16.0. The third-order valence-corrected chi connectivity index (χ3v) is 5.24. The molecule has 0 bridgehead atoms. The predicted molar refractivity (Wildman–Crippen MR) is 83.1 cm³/mol. The molecule has 0 aliphatic heterocycles. The minimum Gasteiger partial charge on any atom is -0.336 e. The van der Waals surface area contributed by atoms with Gasteiger partial charge in [0.05, 0.1) is 4.90 Å². The van der Waals surface area contributed by atoms with Gasteiger partial charge in [-0.3, -0.25) is 4.79 Å². The Morgan fingerprint density at radius 2 is 1.90 bits per heavy atom. The van der Waals surface area contributed by atoms with Crippen LogP contribution in [0, 0.1) is 0 Å². The maximum Gasteiger partial charge on any atom is 0.254 e. The minimum atomic E-state index is -3.29. The van der Waals surface area contributed by atoms with E-state index in [0.29, 0.717) is 12.1 Å². The molecule has 1 aromatic carbocycles. The maximum atomic E-state index is 12.7. The molecule has 0 heterocycles. The van der Waals surface area contributed by atoms with Crippen molar-refractivity contribution in [3.63, 3.8) is 0 Å². The lowest BCUT2D eigenvalue weighted by molar-refractivity contribution is 0.0647. The monoisotopic (exact) mass is 309 g/mol. The summed E-state index contributed by atoms with van der Waals surface area (Å²) in [5.74, 6) is -0.0603. The zero-order chi connectivity index (χ0) is 15.5. The molecule has 1 aromatic rings. The highest BCUT2D eigenvalue weighted by Gasteiger charge is 2.25. The fraction of sp³-hybridized carbons (Fsp3) is 0.562. The van der Waals surface area contributed by atoms with Crippen LogP contribution in [0.15, 0.2) is 29.2 Å². The number of amides is 1. The Labute approximate surface area is 127 Å². The minimum absolute atomic E-state index is 0.0603. The van der Waals surface area contributed by atoms with Crippen LogP contribution in [0.3, 0.4) is 0 Å². The number of carbonyl (C=O) groups excluding carboxylic acids is 1. The normalized spacial score (nSPS) is 16.7. The van der Waals surface area contributed by atoms with E-state index >= 15 is 0 Å². The van der Waals surface area contributed by atoms with E-state index in [0.717, 1.165) is 31.9 Å². The highest BCUT2D eigenvalue weighted by Crippen LogP contribution is 2.24. The van der Waals surface area contributed by atoms with Crippen LogP contribution in [0.2, 0.25) is 0 Å². The quantitative estimate of drug-likeness (QED) is 0.859. The van der Waals surface area contributed by atoms with Crippen molar-refractivity contribution in [1.29, 1.82) is 0 Å². The predicted octanol–water partition coefficient (Wildman–Crippen LogP) is 2.88. The van der Waals surface area contributed by atoms with Crippen LogP contribution in [0.4, 0.5) is 0 Å². The van der Waals surface area contributed by atoms with Gasteiger partial charge in [-0.1, -0.05) is 25.3 Å². The molecule has 0 atom stereocenters. The Morgan fingerprint density at radius 1 is 1.24 bits per heavy atom. The Hall–Kier alpha value is -1.36. The van der Waals surface area contributed by atoms with Crippen molar-refractivity contribution in [2.24, 2.45) is 0 Å². The summed E-state index contributed by atoms with van der Waals surface area (Å²) in [4.78, 5) is 14.8. The highest BCUT2D eigenvalue weighted by atomic mass is 32.2. The maximum absolute atomic E-state index is 12.7. The van der Waals surface area contributed by atoms with Crippen LogP contribution < -0.4 is 0 Å². The molecule has 1 fully saturated rings. The van der Waals surface area contributed by atoms with E-state index in [4.69, 9.17) is 0 Å². The van der Waals surface area contributed by atoms with Crippen molar-refractivity contribution >= 4 is 15.7 Å². The highest BCUT2D eigenvalue weighted by molar-refractivity contribution is 7.90. The van der Waals surface area contributed by atoms with E-state index in [1.54, 1.807) is 12.1 Å². The molecule has 116 valence electrons. The lowest BCUT2D eigenvalue weighted by Crippen LogP contribution is -2.41. The molecule has 0 N–H and O–H groups in total. The summed E-state index contributed by atoms with van der Waals surface area (Å²) in [7, 11) is -3.29. The zero-order valence-electron chi connectivity index (χ0n) is 12.7. The third kappa shape index (κ3) is 3.84. The van der Waals surface area contributed by atoms with Crippen LogP contribution in [-0.4, -0.2) is 38.1 Å². The molecule has 0 unspecified atom stereocenters. The molecule has 1 aliphatic carbocycles. The van der Waals surface area contributed by atoms with Gasteiger partial charge in [-0.25, -0.2) is 8.42 Å². The molecule has 1 amide bonds. The molecule has 0 saturated heterocycles. The molecular weight excluding hydrogens is 286 g/mol. The zero-order valence-corrected chi connectivity index (χ0v) is 13.5. The van der Waals surface area contributed by atoms with Crippen LogP contribution >= 0.6 is 0 Å². The van der Waals surface area contributed by atoms with Crippen molar-refractivity contribution in [3.05, 3.63) is 29.8 Å². The largest absolute Gasteiger partial charge is 0.336 e. The molecule has 0 radical (unpaired) electrons. The molecule has 5 heteroatoms. The van der Waals surface area contributed by atoms with Gasteiger partial charge in [0.2, 0.25) is 0 Å². The number of hydrogen-bond acceptors (Lipinski definition) is 3. The molecule has 2 rings (SSSR count). The van der Waals surface area contributed by atoms with Gasteiger partial charge in [0.25, 0.3) is 5.91 Å². The lowest BCUT2D eigenvalue weighted by atomic mass is 9.93. The van der Waals surface area contributed by atoms with Crippen LogP contribution in [0.25, 0.3) is 0 Å². The van der Waals surface area contributed by atoms with Crippen LogP contribution in [0.1, 0.15) is 49.4 Å². The van der Waals surface area contributed by atoms with E-state index in [1.165, 1.54) is 18.6 Å². The smallest absolute Gasteiger partial charge is 0.254 e. The van der Waals surface area contributed by atoms with Crippen LogP contribution in [-0.2, 0) is 9.84 Å². The Kier molecular flexibility index (Phi) is 5.04. The van der Waals surface area contributed by atoms with Crippen LogP contribution in [0.5, 0.6) is 0 Å². The van der Waals surface area contributed by atoms with E-state index in [1.807, 2.05) is 11.8 Å². The molecular formula is C16H23NO3S. The SMILES string of the molecule is CCN(C(=O)c1cccc(S(C)(=O)=O)c1)C1CCCCC1. The molecule has 0 spiro atoms. The first-order chi connectivity index (χ1) is 9.93. The first-order valence-corrected chi connectivity index (χ1v) is 9.43. The summed E-state index contributed by atoms with van der Waals surface area (Å²) >= 11 is 0. The number of sulfone groups is 1. The average Bonchev–Trinajstić information content (AvgIpc) is 2.48. The summed E-state index contributed by atoms with van der Waals surface area (Å²) in [6.45, 7) is 2.64. The van der Waals surface area contributed by atoms with E-state index < -0.39 is 9.84 Å². The average molecular weight is 309 g/mol. The van der Waals surface area contributed by atoms with E-state index in [9.17, 15) is 13.2 Å². The van der Waals surface area contributed by atoms with Gasteiger partial charge < -0.3 is 4.90 Å². The van der Waals surface area contributed by atoms with Gasteiger partial charge in [-0.15, -0.1) is 0 Å². The summed E-state index contributed by atoms with van der Waals surface area (Å²) in [6.07, 6.45) is 6.83. The van der Waals surface area contributed by atoms with Crippen molar-refractivity contribution in [2.75, 3.05) is 12.8 Å². The molecule has 21 heavy (non-hydrogen) atoms. The number of hydrogen-bond donors (Lipinski definition) is 0. The standard InChI is InChI=1S/C16H23NO3S/c1-3-17(14-9-5-4-6-10-14)16(18)13-8-7-11-15(12-13)21(2,19)20/h7-8,11-12,14H,3-6,9-10H2,1-2H3. The van der Waals surface area contributed by atoms with Gasteiger partial charge in [-0.2, -0.15) is 0 Å². The second-order valence-electron chi connectivity index (χ2n) is 5.68. The molecule has 1 saturated carbocycles. The first-order valence-electron chi connectivity index (χ1n) is 7.54. The van der Waals surface area contributed by atoms with E-state index in [2.05, 4.69) is 0 Å². The molecule has 1 aliphatic rings. The Bertz CT molecular complexity index is 604. The fourth-order valence-corrected chi connectivity index (χ4v) is 3.65. The summed E-state index contributed by atoms with van der Waals surface area (Å²) in [5, 5.41) is 0.